The molecule has 0 saturated carbocycles. The predicted octanol–water partition coefficient (Wildman–Crippen LogP) is 1.76. The molecule has 2 amide bonds. The third kappa shape index (κ3) is 3.09. The van der Waals surface area contributed by atoms with Gasteiger partial charge >= 0.3 is 0 Å². The van der Waals surface area contributed by atoms with E-state index in [0.29, 0.717) is 11.1 Å². The van der Waals surface area contributed by atoms with Crippen molar-refractivity contribution in [2.75, 3.05) is 25.5 Å². The minimum atomic E-state index is -0.866. The number of fused-ring (bicyclic) bond motifs is 1. The van der Waals surface area contributed by atoms with E-state index in [1.807, 2.05) is 12.1 Å². The van der Waals surface area contributed by atoms with E-state index >= 15 is 0 Å². The van der Waals surface area contributed by atoms with Gasteiger partial charge < -0.3 is 15.2 Å². The van der Waals surface area contributed by atoms with Gasteiger partial charge in [-0.25, -0.2) is 0 Å². The highest BCUT2D eigenvalue weighted by Crippen LogP contribution is 2.22. The highest BCUT2D eigenvalue weighted by Gasteiger charge is 2.35. The van der Waals surface area contributed by atoms with Crippen molar-refractivity contribution in [3.8, 4) is 5.75 Å². The Morgan fingerprint density at radius 1 is 1.04 bits per heavy atom. The van der Waals surface area contributed by atoms with Crippen LogP contribution in [0.15, 0.2) is 48.5 Å². The lowest BCUT2D eigenvalue weighted by Crippen LogP contribution is -2.39. The quantitative estimate of drug-likeness (QED) is 0.791. The molecule has 1 atom stereocenters. The molecule has 24 heavy (non-hydrogen) atoms. The number of ether oxygens (including phenoxy) is 1. The Hall–Kier alpha value is -2.86. The second kappa shape index (κ2) is 6.72. The maximum absolute atomic E-state index is 12.2. The second-order valence-corrected chi connectivity index (χ2v) is 5.53. The van der Waals surface area contributed by atoms with Crippen LogP contribution in [-0.2, 0) is 0 Å². The Bertz CT molecular complexity index is 723. The number of methoxy groups -OCH3 is 1. The minimum absolute atomic E-state index is 0.0461. The van der Waals surface area contributed by atoms with Crippen LogP contribution in [0.25, 0.3) is 0 Å². The first kappa shape index (κ1) is 16.0. The highest BCUT2D eigenvalue weighted by molar-refractivity contribution is 6.21. The van der Waals surface area contributed by atoms with E-state index in [1.54, 1.807) is 43.5 Å². The zero-order valence-electron chi connectivity index (χ0n) is 13.2. The molecule has 1 aliphatic rings. The molecule has 2 N–H and O–H groups in total. The molecule has 6 heteroatoms. The fraction of sp³-hybridized carbons (Fsp3) is 0.222. The molecule has 0 saturated heterocycles. The van der Waals surface area contributed by atoms with E-state index in [9.17, 15) is 14.7 Å². The van der Waals surface area contributed by atoms with Gasteiger partial charge in [-0.05, 0) is 36.4 Å². The average molecular weight is 326 g/mol. The van der Waals surface area contributed by atoms with Crippen LogP contribution in [0.3, 0.4) is 0 Å². The summed E-state index contributed by atoms with van der Waals surface area (Å²) < 4.78 is 5.08. The van der Waals surface area contributed by atoms with Gasteiger partial charge in [-0.3, -0.25) is 14.5 Å². The van der Waals surface area contributed by atoms with Crippen LogP contribution in [0.2, 0.25) is 0 Å². The number of hydrogen-bond donors (Lipinski definition) is 2. The predicted molar refractivity (Wildman–Crippen MR) is 89.3 cm³/mol. The summed E-state index contributed by atoms with van der Waals surface area (Å²) in [4.78, 5) is 25.6. The second-order valence-electron chi connectivity index (χ2n) is 5.53. The van der Waals surface area contributed by atoms with E-state index < -0.39 is 6.10 Å². The first-order chi connectivity index (χ1) is 11.6. The number of carbonyl (C=O) groups is 2. The number of rotatable bonds is 6. The number of imide groups is 1. The van der Waals surface area contributed by atoms with Crippen molar-refractivity contribution in [3.63, 3.8) is 0 Å². The molecular weight excluding hydrogens is 308 g/mol. The van der Waals surface area contributed by atoms with E-state index in [4.69, 9.17) is 4.74 Å². The van der Waals surface area contributed by atoms with E-state index in [-0.39, 0.29) is 24.9 Å². The van der Waals surface area contributed by atoms with Gasteiger partial charge in [0.25, 0.3) is 11.8 Å². The molecule has 2 aromatic rings. The van der Waals surface area contributed by atoms with Gasteiger partial charge in [-0.15, -0.1) is 0 Å². The summed E-state index contributed by atoms with van der Waals surface area (Å²) in [6.45, 7) is 0.176. The van der Waals surface area contributed by atoms with E-state index in [1.165, 1.54) is 0 Å². The van der Waals surface area contributed by atoms with Gasteiger partial charge in [0, 0.05) is 12.2 Å². The van der Waals surface area contributed by atoms with Crippen molar-refractivity contribution in [1.82, 2.24) is 4.90 Å². The summed E-state index contributed by atoms with van der Waals surface area (Å²) in [7, 11) is 1.59. The monoisotopic (exact) mass is 326 g/mol. The summed E-state index contributed by atoms with van der Waals surface area (Å²) in [5, 5.41) is 13.2. The third-order valence-corrected chi connectivity index (χ3v) is 3.90. The molecule has 0 bridgehead atoms. The van der Waals surface area contributed by atoms with Crippen LogP contribution in [0.1, 0.15) is 20.7 Å². The molecule has 1 unspecified atom stereocenters. The lowest BCUT2D eigenvalue weighted by molar-refractivity contribution is 0.0558. The van der Waals surface area contributed by atoms with Crippen LogP contribution < -0.4 is 10.1 Å². The van der Waals surface area contributed by atoms with Crippen LogP contribution in [-0.4, -0.2) is 48.1 Å². The largest absolute Gasteiger partial charge is 0.497 e. The Morgan fingerprint density at radius 2 is 1.62 bits per heavy atom. The number of amides is 2. The molecule has 0 fully saturated rings. The number of nitrogens with zero attached hydrogens (tertiary/aromatic N) is 1. The molecule has 2 aromatic carbocycles. The van der Waals surface area contributed by atoms with Gasteiger partial charge in [0.1, 0.15) is 5.75 Å². The Balaban J connectivity index is 1.58. The highest BCUT2D eigenvalue weighted by atomic mass is 16.5. The van der Waals surface area contributed by atoms with Crippen molar-refractivity contribution >= 4 is 17.5 Å². The normalized spacial score (nSPS) is 14.5. The number of aliphatic hydroxyl groups excluding tert-OH is 1. The molecule has 3 rings (SSSR count). The first-order valence-electron chi connectivity index (χ1n) is 7.61. The number of nitrogens with one attached hydrogen (secondary N) is 1. The number of aliphatic hydroxyl groups is 1. The molecule has 1 heterocycles. The molecule has 0 spiro atoms. The van der Waals surface area contributed by atoms with Gasteiger partial charge in [-0.2, -0.15) is 0 Å². The molecule has 124 valence electrons. The standard InChI is InChI=1S/C18H18N2O4/c1-24-14-8-6-12(7-9-14)19-10-13(21)11-20-17(22)15-4-2-3-5-16(15)18(20)23/h2-9,13,19,21H,10-11H2,1H3. The summed E-state index contributed by atoms with van der Waals surface area (Å²) in [6.07, 6.45) is -0.866. The molecule has 6 nitrogen and oxygen atoms in total. The number of anilines is 1. The number of benzene rings is 2. The topological polar surface area (TPSA) is 78.9 Å². The van der Waals surface area contributed by atoms with Crippen LogP contribution >= 0.6 is 0 Å². The van der Waals surface area contributed by atoms with Crippen molar-refractivity contribution in [1.29, 1.82) is 0 Å². The summed E-state index contributed by atoms with van der Waals surface area (Å²) >= 11 is 0. The average Bonchev–Trinajstić information content (AvgIpc) is 2.86. The Morgan fingerprint density at radius 3 is 2.17 bits per heavy atom. The summed E-state index contributed by atoms with van der Waals surface area (Å²) in [5.41, 5.74) is 1.59. The van der Waals surface area contributed by atoms with Gasteiger partial charge in [-0.1, -0.05) is 12.1 Å². The molecule has 0 radical (unpaired) electrons. The van der Waals surface area contributed by atoms with Crippen LogP contribution in [0.5, 0.6) is 5.75 Å². The van der Waals surface area contributed by atoms with Crippen molar-refractivity contribution in [2.24, 2.45) is 0 Å². The van der Waals surface area contributed by atoms with Crippen LogP contribution in [0.4, 0.5) is 5.69 Å². The SMILES string of the molecule is COc1ccc(NCC(O)CN2C(=O)c3ccccc3C2=O)cc1. The zero-order valence-corrected chi connectivity index (χ0v) is 13.2. The summed E-state index contributed by atoms with van der Waals surface area (Å²) in [5.74, 6) is 0.0188. The number of carbonyl (C=O) groups excluding carboxylic acids is 2. The van der Waals surface area contributed by atoms with Gasteiger partial charge in [0.15, 0.2) is 0 Å². The lowest BCUT2D eigenvalue weighted by Gasteiger charge is -2.19. The van der Waals surface area contributed by atoms with Crippen LogP contribution in [0, 0.1) is 0 Å². The van der Waals surface area contributed by atoms with E-state index in [0.717, 1.165) is 16.3 Å². The fourth-order valence-corrected chi connectivity index (χ4v) is 2.62. The minimum Gasteiger partial charge on any atom is -0.497 e. The van der Waals surface area contributed by atoms with Crippen molar-refractivity contribution in [3.05, 3.63) is 59.7 Å². The van der Waals surface area contributed by atoms with Crippen molar-refractivity contribution in [2.45, 2.75) is 6.10 Å². The molecule has 0 aliphatic carbocycles. The summed E-state index contributed by atoms with van der Waals surface area (Å²) in [6, 6.07) is 13.9. The smallest absolute Gasteiger partial charge is 0.261 e. The zero-order chi connectivity index (χ0) is 17.1. The molecule has 0 aromatic heterocycles. The third-order valence-electron chi connectivity index (χ3n) is 3.90. The maximum Gasteiger partial charge on any atom is 0.261 e. The number of β-amino-alcohol motifs (C(OH)–C–C–N with tert-alkyl or cyclic N) is 1. The Kier molecular flexibility index (Phi) is 4.48. The lowest BCUT2D eigenvalue weighted by atomic mass is 10.1. The van der Waals surface area contributed by atoms with Gasteiger partial charge in [0.2, 0.25) is 0 Å². The molecular formula is C18H18N2O4. The van der Waals surface area contributed by atoms with Gasteiger partial charge in [0.05, 0.1) is 30.9 Å². The van der Waals surface area contributed by atoms with Crippen molar-refractivity contribution < 1.29 is 19.4 Å². The Labute approximate surface area is 139 Å². The van der Waals surface area contributed by atoms with E-state index in [2.05, 4.69) is 5.32 Å². The maximum atomic E-state index is 12.2. The fourth-order valence-electron chi connectivity index (χ4n) is 2.62. The first-order valence-corrected chi connectivity index (χ1v) is 7.61. The number of hydrogen-bond acceptors (Lipinski definition) is 5. The molecule has 1 aliphatic heterocycles.